The lowest BCUT2D eigenvalue weighted by Crippen LogP contribution is -2.35. The maximum Gasteiger partial charge on any atom is 0.248 e. The van der Waals surface area contributed by atoms with E-state index in [4.69, 9.17) is 16.3 Å². The van der Waals surface area contributed by atoms with Gasteiger partial charge in [-0.3, -0.25) is 9.59 Å². The average molecular weight is 676 g/mol. The molecule has 2 aromatic carbocycles. The van der Waals surface area contributed by atoms with Crippen LogP contribution in [0.5, 0.6) is 0 Å². The van der Waals surface area contributed by atoms with Gasteiger partial charge in [0.05, 0.1) is 27.9 Å². The SMILES string of the molecule is COC1CCC(NC/C=C/C(=O)Nc2c(F)cc(C(=O)c3ccc4c(-c5c(C)cc6c(nc(CO)n6C)c5Cl)cccn34)cc2F)CC1. The summed E-state index contributed by atoms with van der Waals surface area (Å²) in [4.78, 5) is 30.5. The molecule has 48 heavy (non-hydrogen) atoms. The fourth-order valence-electron chi connectivity index (χ4n) is 6.50. The van der Waals surface area contributed by atoms with Crippen LogP contribution in [0.2, 0.25) is 5.02 Å². The zero-order chi connectivity index (χ0) is 34.1. The highest BCUT2D eigenvalue weighted by Crippen LogP contribution is 2.39. The number of halogens is 3. The molecule has 5 aromatic rings. The van der Waals surface area contributed by atoms with Gasteiger partial charge in [-0.15, -0.1) is 0 Å². The maximum atomic E-state index is 15.1. The summed E-state index contributed by atoms with van der Waals surface area (Å²) in [6.45, 7) is 2.11. The monoisotopic (exact) mass is 675 g/mol. The van der Waals surface area contributed by atoms with E-state index >= 15 is 8.78 Å². The van der Waals surface area contributed by atoms with E-state index in [0.717, 1.165) is 54.5 Å². The molecule has 0 unspecified atom stereocenters. The number of aliphatic hydroxyl groups excluding tert-OH is 1. The summed E-state index contributed by atoms with van der Waals surface area (Å²) in [5.74, 6) is -2.95. The lowest BCUT2D eigenvalue weighted by molar-refractivity contribution is -0.112. The number of hydrogen-bond acceptors (Lipinski definition) is 6. The second kappa shape index (κ2) is 14.0. The Balaban J connectivity index is 1.20. The summed E-state index contributed by atoms with van der Waals surface area (Å²) in [7, 11) is 3.52. The van der Waals surface area contributed by atoms with Crippen molar-refractivity contribution >= 4 is 45.5 Å². The number of ketones is 1. The van der Waals surface area contributed by atoms with Gasteiger partial charge < -0.3 is 29.4 Å². The number of aromatic nitrogens is 3. The van der Waals surface area contributed by atoms with E-state index in [-0.39, 0.29) is 24.0 Å². The van der Waals surface area contributed by atoms with Crippen LogP contribution < -0.4 is 10.6 Å². The molecule has 3 heterocycles. The fourth-order valence-corrected chi connectivity index (χ4v) is 6.89. The minimum Gasteiger partial charge on any atom is -0.388 e. The van der Waals surface area contributed by atoms with Gasteiger partial charge in [0.1, 0.15) is 35.3 Å². The minimum atomic E-state index is -1.07. The number of pyridine rings is 1. The smallest absolute Gasteiger partial charge is 0.248 e. The molecule has 0 aliphatic heterocycles. The molecule has 1 saturated carbocycles. The Kier molecular flexibility index (Phi) is 9.75. The summed E-state index contributed by atoms with van der Waals surface area (Å²) in [5.41, 5.74) is 3.61. The van der Waals surface area contributed by atoms with Crippen molar-refractivity contribution < 1.29 is 28.2 Å². The molecule has 1 aliphatic rings. The van der Waals surface area contributed by atoms with Gasteiger partial charge in [0, 0.05) is 55.7 Å². The molecule has 12 heteroatoms. The molecule has 6 rings (SSSR count). The number of benzene rings is 2. The molecule has 1 fully saturated rings. The van der Waals surface area contributed by atoms with Gasteiger partial charge >= 0.3 is 0 Å². The molecule has 0 atom stereocenters. The zero-order valence-corrected chi connectivity index (χ0v) is 27.6. The Labute approximate surface area is 281 Å². The molecule has 0 bridgehead atoms. The summed E-state index contributed by atoms with van der Waals surface area (Å²) in [6.07, 6.45) is 8.70. The van der Waals surface area contributed by atoms with Crippen molar-refractivity contribution in [2.45, 2.75) is 51.4 Å². The summed E-state index contributed by atoms with van der Waals surface area (Å²) in [5, 5.41) is 15.7. The van der Waals surface area contributed by atoms with Crippen molar-refractivity contribution in [2.24, 2.45) is 7.05 Å². The number of rotatable bonds is 10. The van der Waals surface area contributed by atoms with Crippen molar-refractivity contribution in [3.63, 3.8) is 0 Å². The first kappa shape index (κ1) is 33.5. The van der Waals surface area contributed by atoms with E-state index in [1.54, 1.807) is 53.6 Å². The number of hydrogen-bond donors (Lipinski definition) is 3. The number of aliphatic hydroxyl groups is 1. The normalized spacial score (nSPS) is 16.7. The largest absolute Gasteiger partial charge is 0.388 e. The van der Waals surface area contributed by atoms with Gasteiger partial charge in [0.2, 0.25) is 11.7 Å². The van der Waals surface area contributed by atoms with E-state index < -0.39 is 29.0 Å². The van der Waals surface area contributed by atoms with Crippen LogP contribution in [0.25, 0.3) is 27.7 Å². The number of carbonyl (C=O) groups is 2. The van der Waals surface area contributed by atoms with E-state index in [0.29, 0.717) is 40.0 Å². The number of anilines is 1. The van der Waals surface area contributed by atoms with Gasteiger partial charge in [0.25, 0.3) is 0 Å². The molecule has 0 spiro atoms. The predicted octanol–water partition coefficient (Wildman–Crippen LogP) is 6.50. The average Bonchev–Trinajstić information content (AvgIpc) is 3.66. The van der Waals surface area contributed by atoms with Crippen molar-refractivity contribution in [2.75, 3.05) is 19.0 Å². The first-order chi connectivity index (χ1) is 23.1. The van der Waals surface area contributed by atoms with E-state index in [1.807, 2.05) is 19.1 Å². The maximum absolute atomic E-state index is 15.1. The number of amides is 1. The Bertz CT molecular complexity index is 2040. The molecule has 0 radical (unpaired) electrons. The van der Waals surface area contributed by atoms with Crippen LogP contribution in [-0.2, 0) is 23.2 Å². The van der Waals surface area contributed by atoms with Crippen LogP contribution >= 0.6 is 11.6 Å². The van der Waals surface area contributed by atoms with Crippen LogP contribution in [0.15, 0.2) is 60.8 Å². The van der Waals surface area contributed by atoms with Crippen molar-refractivity contribution in [3.8, 4) is 11.1 Å². The van der Waals surface area contributed by atoms with Crippen molar-refractivity contribution in [1.82, 2.24) is 19.3 Å². The Morgan fingerprint density at radius 1 is 1.10 bits per heavy atom. The first-order valence-corrected chi connectivity index (χ1v) is 16.1. The summed E-state index contributed by atoms with van der Waals surface area (Å²) in [6, 6.07) is 11.1. The van der Waals surface area contributed by atoms with Crippen LogP contribution in [-0.4, -0.2) is 56.5 Å². The molecule has 9 nitrogen and oxygen atoms in total. The number of carbonyl (C=O) groups excluding carboxylic acids is 2. The number of fused-ring (bicyclic) bond motifs is 2. The highest BCUT2D eigenvalue weighted by molar-refractivity contribution is 6.38. The first-order valence-electron chi connectivity index (χ1n) is 15.7. The molecular formula is C36H36ClF2N5O4. The number of nitrogens with zero attached hydrogens (tertiary/aromatic N) is 3. The van der Waals surface area contributed by atoms with Crippen molar-refractivity contribution in [3.05, 3.63) is 100 Å². The van der Waals surface area contributed by atoms with Crippen LogP contribution in [0.4, 0.5) is 14.5 Å². The lowest BCUT2D eigenvalue weighted by Gasteiger charge is -2.27. The highest BCUT2D eigenvalue weighted by atomic mass is 35.5. The van der Waals surface area contributed by atoms with Crippen LogP contribution in [0.3, 0.4) is 0 Å². The minimum absolute atomic E-state index is 0.184. The van der Waals surface area contributed by atoms with E-state index in [9.17, 15) is 14.7 Å². The quantitative estimate of drug-likeness (QED) is 0.115. The van der Waals surface area contributed by atoms with Gasteiger partial charge in [-0.25, -0.2) is 13.8 Å². The Morgan fingerprint density at radius 3 is 2.52 bits per heavy atom. The number of nitrogens with one attached hydrogen (secondary N) is 2. The van der Waals surface area contributed by atoms with Gasteiger partial charge in [-0.05, 0) is 74.6 Å². The van der Waals surface area contributed by atoms with Gasteiger partial charge in [-0.1, -0.05) is 23.7 Å². The lowest BCUT2D eigenvalue weighted by atomic mass is 9.93. The number of methoxy groups -OCH3 is 1. The summed E-state index contributed by atoms with van der Waals surface area (Å²) < 4.78 is 39.1. The highest BCUT2D eigenvalue weighted by Gasteiger charge is 2.23. The van der Waals surface area contributed by atoms with Gasteiger partial charge in [0.15, 0.2) is 0 Å². The van der Waals surface area contributed by atoms with E-state index in [2.05, 4.69) is 15.6 Å². The number of imidazole rings is 1. The second-order valence-corrected chi connectivity index (χ2v) is 12.4. The third-order valence-corrected chi connectivity index (χ3v) is 9.46. The molecular weight excluding hydrogens is 640 g/mol. The Morgan fingerprint density at radius 2 is 1.83 bits per heavy atom. The molecule has 250 valence electrons. The fraction of sp³-hybridized carbons (Fsp3) is 0.306. The molecule has 1 amide bonds. The third kappa shape index (κ3) is 6.38. The van der Waals surface area contributed by atoms with E-state index in [1.165, 1.54) is 6.08 Å². The standard InChI is InChI=1S/C36H36ClF2N5O4/c1-20-16-29-35(41-30(19-45)43(29)2)33(37)32(20)24-6-5-15-44-27(24)12-13-28(44)36(47)21-17-25(38)34(26(39)18-21)42-31(46)7-4-14-40-22-8-10-23(48-3)11-9-22/h4-7,12-13,15-18,22-23,40,45H,8-11,14,19H2,1-3H3,(H,42,46)/b7-4+. The summed E-state index contributed by atoms with van der Waals surface area (Å²) >= 11 is 6.89. The predicted molar refractivity (Wildman–Crippen MR) is 181 cm³/mol. The second-order valence-electron chi connectivity index (χ2n) is 12.0. The zero-order valence-electron chi connectivity index (χ0n) is 26.8. The third-order valence-electron chi connectivity index (χ3n) is 9.10. The van der Waals surface area contributed by atoms with Crippen LogP contribution in [0, 0.1) is 18.6 Å². The molecule has 1 aliphatic carbocycles. The molecule has 3 aromatic heterocycles. The molecule has 3 N–H and O–H groups in total. The van der Waals surface area contributed by atoms with Crippen molar-refractivity contribution in [1.29, 1.82) is 0 Å². The Hall–Kier alpha value is -4.42. The number of aryl methyl sites for hydroxylation is 2. The topological polar surface area (TPSA) is 110 Å². The van der Waals surface area contributed by atoms with Crippen LogP contribution in [0.1, 0.15) is 53.1 Å². The molecule has 0 saturated heterocycles. The number of ether oxygens (including phenoxy) is 1. The van der Waals surface area contributed by atoms with Gasteiger partial charge in [-0.2, -0.15) is 0 Å².